The highest BCUT2D eigenvalue weighted by Gasteiger charge is 2.49. The number of carboxylic acids is 1. The van der Waals surface area contributed by atoms with Gasteiger partial charge in [0.25, 0.3) is 0 Å². The van der Waals surface area contributed by atoms with Gasteiger partial charge in [-0.2, -0.15) is 0 Å². The fourth-order valence-corrected chi connectivity index (χ4v) is 6.63. The molecule has 3 atom stereocenters. The van der Waals surface area contributed by atoms with Gasteiger partial charge in [-0.3, -0.25) is 0 Å². The molecule has 0 heterocycles. The first-order valence-electron chi connectivity index (χ1n) is 17.9. The van der Waals surface area contributed by atoms with E-state index in [-0.39, 0.29) is 17.0 Å². The summed E-state index contributed by atoms with van der Waals surface area (Å²) in [4.78, 5) is 55.9. The Morgan fingerprint density at radius 1 is 0.698 bits per heavy atom. The summed E-state index contributed by atoms with van der Waals surface area (Å²) in [5, 5.41) is 10.4. The average Bonchev–Trinajstić information content (AvgIpc) is 3.15. The maximum atomic E-state index is 14.5. The van der Waals surface area contributed by atoms with Crippen LogP contribution in [0.25, 0.3) is 0 Å². The van der Waals surface area contributed by atoms with Gasteiger partial charge in [-0.25, -0.2) is 19.2 Å². The molecular formula is C43H47NO9. The Balaban J connectivity index is 1.47. The molecule has 10 nitrogen and oxygen atoms in total. The van der Waals surface area contributed by atoms with Gasteiger partial charge in [0.05, 0.1) is 11.1 Å². The molecule has 5 rings (SSSR count). The molecular weight excluding hydrogens is 674 g/mol. The van der Waals surface area contributed by atoms with Crippen LogP contribution in [0.1, 0.15) is 81.0 Å². The normalized spacial score (nSPS) is 15.4. The maximum absolute atomic E-state index is 14.5. The Hall–Kier alpha value is -5.48. The molecule has 1 fully saturated rings. The first-order chi connectivity index (χ1) is 25.4. The Bertz CT molecular complexity index is 1830. The van der Waals surface area contributed by atoms with Crippen LogP contribution in [0.2, 0.25) is 0 Å². The van der Waals surface area contributed by atoms with Crippen LogP contribution in [0, 0.1) is 13.8 Å². The van der Waals surface area contributed by atoms with E-state index in [4.69, 9.17) is 18.9 Å². The fourth-order valence-electron chi connectivity index (χ4n) is 6.63. The highest BCUT2D eigenvalue weighted by molar-refractivity contribution is 5.95. The second kappa shape index (κ2) is 17.8. The predicted octanol–water partition coefficient (Wildman–Crippen LogP) is 7.31. The standard InChI is InChI=1S/C43H47NO9/c1-29-13-17-33(18-14-29)40(47)51-37(39(45)46)38(52-41(48)34-19-15-30(2)16-20-34)42(49)53-43(25-9-6-10-26-43)36(27-44(3)4)32-21-23-35(24-22-32)50-28-31-11-7-5-8-12-31/h5,7-8,11-24,36-38H,6,9-10,25-28H2,1-4H3,(H,45,46)/t36-,37-,38-/m0/s1. The molecule has 0 spiro atoms. The van der Waals surface area contributed by atoms with Crippen molar-refractivity contribution in [3.63, 3.8) is 0 Å². The number of hydrogen-bond acceptors (Lipinski definition) is 9. The van der Waals surface area contributed by atoms with Crippen molar-refractivity contribution in [3.05, 3.63) is 137 Å². The molecule has 0 unspecified atom stereocenters. The molecule has 1 aliphatic carbocycles. The van der Waals surface area contributed by atoms with Crippen molar-refractivity contribution < 1.29 is 43.2 Å². The minimum atomic E-state index is -2.19. The van der Waals surface area contributed by atoms with E-state index in [1.807, 2.05) is 87.4 Å². The molecule has 0 bridgehead atoms. The zero-order chi connectivity index (χ0) is 38.0. The highest BCUT2D eigenvalue weighted by atomic mass is 16.6. The first kappa shape index (κ1) is 38.7. The third kappa shape index (κ3) is 10.3. The number of carboxylic acid groups (broad SMARTS) is 1. The third-order valence-electron chi connectivity index (χ3n) is 9.51. The topological polar surface area (TPSA) is 129 Å². The number of aryl methyl sites for hydroxylation is 2. The summed E-state index contributed by atoms with van der Waals surface area (Å²) in [6, 6.07) is 30.3. The van der Waals surface area contributed by atoms with Gasteiger partial charge in [0.1, 0.15) is 18.0 Å². The minimum Gasteiger partial charge on any atom is -0.489 e. The monoisotopic (exact) mass is 721 g/mol. The molecule has 0 saturated heterocycles. The van der Waals surface area contributed by atoms with Crippen LogP contribution in [0.5, 0.6) is 5.75 Å². The van der Waals surface area contributed by atoms with Crippen LogP contribution in [0.4, 0.5) is 0 Å². The van der Waals surface area contributed by atoms with E-state index in [1.165, 1.54) is 24.3 Å². The van der Waals surface area contributed by atoms with E-state index < -0.39 is 41.7 Å². The number of carbonyl (C=O) groups is 4. The molecule has 0 aliphatic heterocycles. The summed E-state index contributed by atoms with van der Waals surface area (Å²) in [5.74, 6) is -4.40. The van der Waals surface area contributed by atoms with E-state index >= 15 is 0 Å². The lowest BCUT2D eigenvalue weighted by molar-refractivity contribution is -0.187. The van der Waals surface area contributed by atoms with Crippen LogP contribution < -0.4 is 4.74 Å². The van der Waals surface area contributed by atoms with Gasteiger partial charge in [0.2, 0.25) is 12.2 Å². The molecule has 0 aromatic heterocycles. The Morgan fingerprint density at radius 2 is 1.23 bits per heavy atom. The van der Waals surface area contributed by atoms with Crippen molar-refractivity contribution in [1.29, 1.82) is 0 Å². The lowest BCUT2D eigenvalue weighted by atomic mass is 9.72. The van der Waals surface area contributed by atoms with Gasteiger partial charge in [0.15, 0.2) is 0 Å². The zero-order valence-corrected chi connectivity index (χ0v) is 30.7. The molecule has 4 aromatic carbocycles. The second-order valence-electron chi connectivity index (χ2n) is 13.9. The van der Waals surface area contributed by atoms with Crippen LogP contribution in [-0.4, -0.2) is 72.3 Å². The average molecular weight is 722 g/mol. The fraction of sp³-hybridized carbons (Fsp3) is 0.349. The summed E-state index contributed by atoms with van der Waals surface area (Å²) >= 11 is 0. The molecule has 1 saturated carbocycles. The third-order valence-corrected chi connectivity index (χ3v) is 9.51. The number of rotatable bonds is 15. The van der Waals surface area contributed by atoms with Crippen molar-refractivity contribution in [2.45, 2.75) is 76.3 Å². The molecule has 4 aromatic rings. The van der Waals surface area contributed by atoms with Crippen LogP contribution >= 0.6 is 0 Å². The van der Waals surface area contributed by atoms with Crippen molar-refractivity contribution in [3.8, 4) is 5.75 Å². The smallest absolute Gasteiger partial charge is 0.352 e. The van der Waals surface area contributed by atoms with Gasteiger partial charge in [0, 0.05) is 12.5 Å². The van der Waals surface area contributed by atoms with Gasteiger partial charge >= 0.3 is 23.9 Å². The SMILES string of the molecule is Cc1ccc(C(=O)O[C@H](C(=O)O)[C@H](OC(=O)c2ccc(C)cc2)C(=O)OC2([C@@H](CN(C)C)c3ccc(OCc4ccccc4)cc3)CCCCC2)cc1. The van der Waals surface area contributed by atoms with Gasteiger partial charge in [-0.15, -0.1) is 0 Å². The van der Waals surface area contributed by atoms with E-state index in [0.29, 0.717) is 31.7 Å². The number of carbonyl (C=O) groups excluding carboxylic acids is 3. The summed E-state index contributed by atoms with van der Waals surface area (Å²) in [5.41, 5.74) is 2.77. The van der Waals surface area contributed by atoms with Crippen LogP contribution in [0.3, 0.4) is 0 Å². The van der Waals surface area contributed by atoms with E-state index in [2.05, 4.69) is 0 Å². The van der Waals surface area contributed by atoms with E-state index in [9.17, 15) is 24.3 Å². The molecule has 0 amide bonds. The number of likely N-dealkylation sites (N-methyl/N-ethyl adjacent to an activating group) is 1. The Kier molecular flexibility index (Phi) is 13.0. The van der Waals surface area contributed by atoms with E-state index in [1.54, 1.807) is 24.3 Å². The highest BCUT2D eigenvalue weighted by Crippen LogP contribution is 2.44. The van der Waals surface area contributed by atoms with Crippen LogP contribution in [-0.2, 0) is 30.4 Å². The number of nitrogens with zero attached hydrogens (tertiary/aromatic N) is 1. The summed E-state index contributed by atoms with van der Waals surface area (Å²) < 4.78 is 23.6. The molecule has 1 N–H and O–H groups in total. The van der Waals surface area contributed by atoms with Crippen molar-refractivity contribution in [1.82, 2.24) is 4.90 Å². The van der Waals surface area contributed by atoms with Crippen LogP contribution in [0.15, 0.2) is 103 Å². The van der Waals surface area contributed by atoms with Gasteiger partial charge in [-0.1, -0.05) is 84.3 Å². The summed E-state index contributed by atoms with van der Waals surface area (Å²) in [6.07, 6.45) is -0.880. The zero-order valence-electron chi connectivity index (χ0n) is 30.7. The lowest BCUT2D eigenvalue weighted by Gasteiger charge is -2.44. The van der Waals surface area contributed by atoms with Crippen molar-refractivity contribution >= 4 is 23.9 Å². The Morgan fingerprint density at radius 3 is 1.74 bits per heavy atom. The van der Waals surface area contributed by atoms with Crippen molar-refractivity contribution in [2.24, 2.45) is 0 Å². The van der Waals surface area contributed by atoms with Gasteiger partial charge in [-0.05, 0) is 101 Å². The number of benzene rings is 4. The molecule has 0 radical (unpaired) electrons. The molecule has 10 heteroatoms. The quantitative estimate of drug-likeness (QED) is 0.0986. The Labute approximate surface area is 310 Å². The largest absolute Gasteiger partial charge is 0.489 e. The molecule has 278 valence electrons. The second-order valence-corrected chi connectivity index (χ2v) is 13.9. The van der Waals surface area contributed by atoms with Gasteiger partial charge < -0.3 is 29.0 Å². The summed E-state index contributed by atoms with van der Waals surface area (Å²) in [6.45, 7) is 4.59. The number of aliphatic carboxylic acids is 1. The number of hydrogen-bond donors (Lipinski definition) is 1. The summed E-state index contributed by atoms with van der Waals surface area (Å²) in [7, 11) is 3.86. The number of ether oxygens (including phenoxy) is 4. The minimum absolute atomic E-state index is 0.0739. The van der Waals surface area contributed by atoms with Crippen molar-refractivity contribution in [2.75, 3.05) is 20.6 Å². The number of esters is 3. The maximum Gasteiger partial charge on any atom is 0.352 e. The predicted molar refractivity (Wildman–Crippen MR) is 199 cm³/mol. The first-order valence-corrected chi connectivity index (χ1v) is 17.9. The molecule has 53 heavy (non-hydrogen) atoms. The lowest BCUT2D eigenvalue weighted by Crippen LogP contribution is -2.52. The molecule has 1 aliphatic rings. The van der Waals surface area contributed by atoms with E-state index in [0.717, 1.165) is 41.5 Å².